The smallest absolute Gasteiger partial charge is 0.119 e. The fraction of sp³-hybridized carbons (Fsp3) is 0.429. The maximum Gasteiger partial charge on any atom is 0.119 e. The second kappa shape index (κ2) is 8.79. The third kappa shape index (κ3) is 6.09. The molecule has 1 N–H and O–H groups in total. The average molecular weight is 235 g/mol. The van der Waals surface area contributed by atoms with Crippen LogP contribution in [0.25, 0.3) is 0 Å². The molecule has 1 rings (SSSR count). The molecule has 0 unspecified atom stereocenters. The Morgan fingerprint density at radius 2 is 1.94 bits per heavy atom. The molecule has 0 aliphatic rings. The van der Waals surface area contributed by atoms with Gasteiger partial charge < -0.3 is 14.8 Å². The monoisotopic (exact) mass is 235 g/mol. The molecular weight excluding hydrogens is 214 g/mol. The largest absolute Gasteiger partial charge is 0.491 e. The van der Waals surface area contributed by atoms with Crippen LogP contribution >= 0.6 is 0 Å². The lowest BCUT2D eigenvalue weighted by Crippen LogP contribution is -2.07. The van der Waals surface area contributed by atoms with Crippen LogP contribution in [0.15, 0.2) is 36.4 Å². The highest BCUT2D eigenvalue weighted by Crippen LogP contribution is 2.11. The molecule has 0 saturated carbocycles. The van der Waals surface area contributed by atoms with Gasteiger partial charge in [0.25, 0.3) is 0 Å². The van der Waals surface area contributed by atoms with Crippen LogP contribution in [-0.2, 0) is 11.3 Å². The van der Waals surface area contributed by atoms with Crippen LogP contribution in [0.4, 0.5) is 0 Å². The number of ether oxygens (including phenoxy) is 2. The molecule has 0 bridgehead atoms. The van der Waals surface area contributed by atoms with Gasteiger partial charge >= 0.3 is 0 Å². The Kier molecular flexibility index (Phi) is 7.11. The number of rotatable bonds is 8. The first-order valence-electron chi connectivity index (χ1n) is 5.92. The highest BCUT2D eigenvalue weighted by molar-refractivity contribution is 5.27. The number of hydrogen-bond donors (Lipinski definition) is 1. The molecule has 0 radical (unpaired) electrons. The zero-order valence-electron chi connectivity index (χ0n) is 10.6. The molecule has 1 aromatic rings. The molecule has 0 amide bonds. The zero-order valence-corrected chi connectivity index (χ0v) is 10.6. The van der Waals surface area contributed by atoms with Crippen molar-refractivity contribution in [1.29, 1.82) is 0 Å². The van der Waals surface area contributed by atoms with E-state index in [2.05, 4.69) is 17.4 Å². The van der Waals surface area contributed by atoms with Gasteiger partial charge in [0.2, 0.25) is 0 Å². The highest BCUT2D eigenvalue weighted by atomic mass is 16.5. The van der Waals surface area contributed by atoms with Crippen LogP contribution in [0.3, 0.4) is 0 Å². The Bertz CT molecular complexity index is 319. The number of allylic oxidation sites excluding steroid dienone is 1. The molecule has 0 aliphatic heterocycles. The summed E-state index contributed by atoms with van der Waals surface area (Å²) in [5.41, 5.74) is 1.25. The Hall–Kier alpha value is -1.32. The van der Waals surface area contributed by atoms with E-state index in [4.69, 9.17) is 9.47 Å². The standard InChI is InChI=1S/C14H21NO2/c1-3-4-9-16-10-11-17-14-7-5-13(6-8-14)12-15-2/h3-8,15H,9-12H2,1-2H3. The van der Waals surface area contributed by atoms with E-state index >= 15 is 0 Å². The number of nitrogens with one attached hydrogen (secondary N) is 1. The van der Waals surface area contributed by atoms with E-state index in [9.17, 15) is 0 Å². The second-order valence-corrected chi connectivity index (χ2v) is 3.67. The van der Waals surface area contributed by atoms with E-state index in [1.54, 1.807) is 0 Å². The predicted molar refractivity (Wildman–Crippen MR) is 70.3 cm³/mol. The quantitative estimate of drug-likeness (QED) is 0.554. The fourth-order valence-electron chi connectivity index (χ4n) is 1.37. The van der Waals surface area contributed by atoms with E-state index in [0.29, 0.717) is 19.8 Å². The van der Waals surface area contributed by atoms with Crippen molar-refractivity contribution >= 4 is 0 Å². The van der Waals surface area contributed by atoms with Crippen LogP contribution in [-0.4, -0.2) is 26.9 Å². The first kappa shape index (κ1) is 13.7. The summed E-state index contributed by atoms with van der Waals surface area (Å²) in [4.78, 5) is 0. The summed E-state index contributed by atoms with van der Waals surface area (Å²) in [6.45, 7) is 4.71. The third-order valence-corrected chi connectivity index (χ3v) is 2.25. The van der Waals surface area contributed by atoms with Gasteiger partial charge in [0.1, 0.15) is 12.4 Å². The Labute approximate surface area is 103 Å². The van der Waals surface area contributed by atoms with Crippen molar-refractivity contribution in [2.75, 3.05) is 26.9 Å². The molecule has 17 heavy (non-hydrogen) atoms. The number of hydrogen-bond acceptors (Lipinski definition) is 3. The number of benzene rings is 1. The molecule has 0 spiro atoms. The van der Waals surface area contributed by atoms with Crippen LogP contribution in [0.1, 0.15) is 12.5 Å². The van der Waals surface area contributed by atoms with Gasteiger partial charge in [-0.15, -0.1) is 0 Å². The summed E-state index contributed by atoms with van der Waals surface area (Å²) in [7, 11) is 1.94. The van der Waals surface area contributed by atoms with Crippen LogP contribution in [0.2, 0.25) is 0 Å². The molecule has 0 atom stereocenters. The summed E-state index contributed by atoms with van der Waals surface area (Å²) in [6, 6.07) is 8.09. The van der Waals surface area contributed by atoms with Gasteiger partial charge in [-0.05, 0) is 31.7 Å². The first-order chi connectivity index (χ1) is 8.36. The summed E-state index contributed by atoms with van der Waals surface area (Å²) >= 11 is 0. The minimum atomic E-state index is 0.586. The summed E-state index contributed by atoms with van der Waals surface area (Å²) in [6.07, 6.45) is 3.95. The van der Waals surface area contributed by atoms with Crippen molar-refractivity contribution in [3.05, 3.63) is 42.0 Å². The Balaban J connectivity index is 2.18. The molecule has 3 heteroatoms. The molecule has 3 nitrogen and oxygen atoms in total. The maximum absolute atomic E-state index is 5.55. The fourth-order valence-corrected chi connectivity index (χ4v) is 1.37. The summed E-state index contributed by atoms with van der Waals surface area (Å²) < 4.78 is 10.9. The van der Waals surface area contributed by atoms with E-state index in [-0.39, 0.29) is 0 Å². The van der Waals surface area contributed by atoms with Crippen LogP contribution in [0.5, 0.6) is 5.75 Å². The van der Waals surface area contributed by atoms with Gasteiger partial charge in [0, 0.05) is 6.54 Å². The van der Waals surface area contributed by atoms with E-state index in [0.717, 1.165) is 12.3 Å². The molecular formula is C14H21NO2. The summed E-state index contributed by atoms with van der Waals surface area (Å²) in [5.74, 6) is 0.888. The van der Waals surface area contributed by atoms with Crippen molar-refractivity contribution in [2.24, 2.45) is 0 Å². The van der Waals surface area contributed by atoms with E-state index in [1.165, 1.54) is 5.56 Å². The molecule has 1 aromatic carbocycles. The molecule has 0 fully saturated rings. The van der Waals surface area contributed by atoms with Crippen molar-refractivity contribution in [3.63, 3.8) is 0 Å². The minimum absolute atomic E-state index is 0.586. The van der Waals surface area contributed by atoms with Crippen molar-refractivity contribution in [2.45, 2.75) is 13.5 Å². The van der Waals surface area contributed by atoms with Gasteiger partial charge in [-0.1, -0.05) is 24.3 Å². The lowest BCUT2D eigenvalue weighted by molar-refractivity contribution is 0.121. The van der Waals surface area contributed by atoms with Gasteiger partial charge in [-0.3, -0.25) is 0 Å². The maximum atomic E-state index is 5.55. The SMILES string of the molecule is CC=CCOCCOc1ccc(CNC)cc1. The van der Waals surface area contributed by atoms with Gasteiger partial charge in [0.05, 0.1) is 13.2 Å². The Morgan fingerprint density at radius 1 is 1.18 bits per heavy atom. The van der Waals surface area contributed by atoms with Gasteiger partial charge in [-0.25, -0.2) is 0 Å². The second-order valence-electron chi connectivity index (χ2n) is 3.67. The first-order valence-corrected chi connectivity index (χ1v) is 5.92. The molecule has 0 heterocycles. The molecule has 0 aliphatic carbocycles. The third-order valence-electron chi connectivity index (χ3n) is 2.25. The van der Waals surface area contributed by atoms with Gasteiger partial charge in [0.15, 0.2) is 0 Å². The van der Waals surface area contributed by atoms with E-state index in [1.807, 2.05) is 38.3 Å². The van der Waals surface area contributed by atoms with Gasteiger partial charge in [-0.2, -0.15) is 0 Å². The summed E-state index contributed by atoms with van der Waals surface area (Å²) in [5, 5.41) is 3.11. The lowest BCUT2D eigenvalue weighted by atomic mass is 10.2. The Morgan fingerprint density at radius 3 is 2.59 bits per heavy atom. The van der Waals surface area contributed by atoms with Crippen LogP contribution in [0, 0.1) is 0 Å². The van der Waals surface area contributed by atoms with Crippen molar-refractivity contribution < 1.29 is 9.47 Å². The molecule has 0 aromatic heterocycles. The average Bonchev–Trinajstić information content (AvgIpc) is 2.36. The lowest BCUT2D eigenvalue weighted by Gasteiger charge is -2.07. The highest BCUT2D eigenvalue weighted by Gasteiger charge is 1.94. The predicted octanol–water partition coefficient (Wildman–Crippen LogP) is 2.38. The molecule has 94 valence electrons. The van der Waals surface area contributed by atoms with E-state index < -0.39 is 0 Å². The molecule has 0 saturated heterocycles. The minimum Gasteiger partial charge on any atom is -0.491 e. The van der Waals surface area contributed by atoms with Crippen molar-refractivity contribution in [3.8, 4) is 5.75 Å². The van der Waals surface area contributed by atoms with Crippen molar-refractivity contribution in [1.82, 2.24) is 5.32 Å². The van der Waals surface area contributed by atoms with Crippen LogP contribution < -0.4 is 10.1 Å². The topological polar surface area (TPSA) is 30.5 Å². The normalized spacial score (nSPS) is 10.9. The zero-order chi connectivity index (χ0) is 12.3.